The zero-order chi connectivity index (χ0) is 14.7. The Kier molecular flexibility index (Phi) is 4.34. The number of nitro groups is 1. The molecule has 3 N–H and O–H groups in total. The molecule has 20 heavy (non-hydrogen) atoms. The topological polar surface area (TPSA) is 98.3 Å². The number of aryl methyl sites for hydroxylation is 1. The lowest BCUT2D eigenvalue weighted by atomic mass is 9.85. The number of carbonyl (C=O) groups is 1. The molecule has 1 amide bonds. The predicted molar refractivity (Wildman–Crippen MR) is 76.4 cm³/mol. The van der Waals surface area contributed by atoms with E-state index in [0.717, 1.165) is 24.8 Å². The van der Waals surface area contributed by atoms with Crippen LogP contribution in [-0.4, -0.2) is 16.9 Å². The Labute approximate surface area is 117 Å². The van der Waals surface area contributed by atoms with Crippen LogP contribution in [0.15, 0.2) is 18.2 Å². The van der Waals surface area contributed by atoms with Crippen molar-refractivity contribution in [2.75, 3.05) is 5.32 Å². The van der Waals surface area contributed by atoms with Crippen molar-refractivity contribution in [1.82, 2.24) is 0 Å². The average Bonchev–Trinajstić information content (AvgIpc) is 2.41. The van der Waals surface area contributed by atoms with Crippen molar-refractivity contribution in [2.45, 2.75) is 38.6 Å². The second-order valence-electron chi connectivity index (χ2n) is 5.37. The van der Waals surface area contributed by atoms with Crippen molar-refractivity contribution in [1.29, 1.82) is 0 Å². The van der Waals surface area contributed by atoms with Crippen LogP contribution in [0.5, 0.6) is 0 Å². The van der Waals surface area contributed by atoms with Crippen LogP contribution in [-0.2, 0) is 4.79 Å². The molecule has 0 aromatic heterocycles. The molecule has 0 saturated heterocycles. The summed E-state index contributed by atoms with van der Waals surface area (Å²) >= 11 is 0. The van der Waals surface area contributed by atoms with Crippen LogP contribution in [0.1, 0.15) is 31.2 Å². The van der Waals surface area contributed by atoms with Crippen LogP contribution >= 0.6 is 0 Å². The van der Waals surface area contributed by atoms with Gasteiger partial charge in [-0.2, -0.15) is 0 Å². The summed E-state index contributed by atoms with van der Waals surface area (Å²) < 4.78 is 0. The summed E-state index contributed by atoms with van der Waals surface area (Å²) in [5, 5.41) is 13.6. The number of anilines is 1. The first-order valence-electron chi connectivity index (χ1n) is 6.79. The van der Waals surface area contributed by atoms with Crippen molar-refractivity contribution in [3.8, 4) is 0 Å². The van der Waals surface area contributed by atoms with E-state index in [1.54, 1.807) is 6.07 Å². The highest BCUT2D eigenvalue weighted by molar-refractivity contribution is 5.93. The maximum Gasteiger partial charge on any atom is 0.271 e. The minimum absolute atomic E-state index is 0.0220. The van der Waals surface area contributed by atoms with Gasteiger partial charge in [-0.1, -0.05) is 12.5 Å². The van der Waals surface area contributed by atoms with E-state index in [-0.39, 0.29) is 23.6 Å². The second-order valence-corrected chi connectivity index (χ2v) is 5.37. The van der Waals surface area contributed by atoms with Crippen molar-refractivity contribution < 1.29 is 9.72 Å². The number of amides is 1. The average molecular weight is 277 g/mol. The molecule has 0 heterocycles. The molecule has 1 saturated carbocycles. The van der Waals surface area contributed by atoms with E-state index in [1.165, 1.54) is 12.1 Å². The van der Waals surface area contributed by atoms with Gasteiger partial charge in [0.25, 0.3) is 5.69 Å². The molecule has 1 fully saturated rings. The minimum Gasteiger partial charge on any atom is -0.328 e. The van der Waals surface area contributed by atoms with Gasteiger partial charge in [-0.05, 0) is 31.7 Å². The lowest BCUT2D eigenvalue weighted by Crippen LogP contribution is -2.34. The summed E-state index contributed by atoms with van der Waals surface area (Å²) in [4.78, 5) is 22.5. The molecule has 2 rings (SSSR count). The third-order valence-electron chi connectivity index (χ3n) is 3.78. The van der Waals surface area contributed by atoms with E-state index >= 15 is 0 Å². The molecule has 1 aromatic carbocycles. The zero-order valence-electron chi connectivity index (χ0n) is 11.5. The SMILES string of the molecule is Cc1ccc([N+](=O)[O-])cc1NC(=O)C1CCCC(N)C1. The molecular formula is C14H19N3O3. The summed E-state index contributed by atoms with van der Waals surface area (Å²) in [5.74, 6) is -0.193. The van der Waals surface area contributed by atoms with Gasteiger partial charge in [0.2, 0.25) is 5.91 Å². The van der Waals surface area contributed by atoms with Gasteiger partial charge in [0.15, 0.2) is 0 Å². The Balaban J connectivity index is 2.10. The number of nitro benzene ring substituents is 1. The van der Waals surface area contributed by atoms with Crippen molar-refractivity contribution >= 4 is 17.3 Å². The fraction of sp³-hybridized carbons (Fsp3) is 0.500. The highest BCUT2D eigenvalue weighted by atomic mass is 16.6. The van der Waals surface area contributed by atoms with Gasteiger partial charge < -0.3 is 11.1 Å². The first-order valence-corrected chi connectivity index (χ1v) is 6.79. The first-order chi connectivity index (χ1) is 9.47. The molecule has 108 valence electrons. The summed E-state index contributed by atoms with van der Waals surface area (Å²) in [6, 6.07) is 4.54. The van der Waals surface area contributed by atoms with Crippen LogP contribution in [0.25, 0.3) is 0 Å². The molecular weight excluding hydrogens is 258 g/mol. The summed E-state index contributed by atoms with van der Waals surface area (Å²) in [6.07, 6.45) is 3.42. The van der Waals surface area contributed by atoms with Crippen LogP contribution < -0.4 is 11.1 Å². The van der Waals surface area contributed by atoms with Crippen LogP contribution in [0.4, 0.5) is 11.4 Å². The third-order valence-corrected chi connectivity index (χ3v) is 3.78. The number of nitrogens with two attached hydrogens (primary N) is 1. The lowest BCUT2D eigenvalue weighted by molar-refractivity contribution is -0.384. The Bertz CT molecular complexity index is 530. The smallest absolute Gasteiger partial charge is 0.271 e. The van der Waals surface area contributed by atoms with Gasteiger partial charge in [-0.15, -0.1) is 0 Å². The Morgan fingerprint density at radius 1 is 1.45 bits per heavy atom. The number of nitrogens with one attached hydrogen (secondary N) is 1. The van der Waals surface area contributed by atoms with Crippen molar-refractivity contribution in [3.05, 3.63) is 33.9 Å². The zero-order valence-corrected chi connectivity index (χ0v) is 11.5. The predicted octanol–water partition coefficient (Wildman–Crippen LogP) is 2.36. The van der Waals surface area contributed by atoms with Gasteiger partial charge >= 0.3 is 0 Å². The molecule has 1 aliphatic carbocycles. The largest absolute Gasteiger partial charge is 0.328 e. The lowest BCUT2D eigenvalue weighted by Gasteiger charge is -2.25. The maximum absolute atomic E-state index is 12.2. The molecule has 6 nitrogen and oxygen atoms in total. The van der Waals surface area contributed by atoms with Gasteiger partial charge in [0, 0.05) is 24.1 Å². The van der Waals surface area contributed by atoms with Crippen molar-refractivity contribution in [3.63, 3.8) is 0 Å². The molecule has 1 aliphatic rings. The summed E-state index contributed by atoms with van der Waals surface area (Å²) in [7, 11) is 0. The quantitative estimate of drug-likeness (QED) is 0.654. The third kappa shape index (κ3) is 3.33. The number of carbonyl (C=O) groups excluding carboxylic acids is 1. The summed E-state index contributed by atoms with van der Waals surface area (Å²) in [5.41, 5.74) is 7.17. The monoisotopic (exact) mass is 277 g/mol. The number of rotatable bonds is 3. The standard InChI is InChI=1S/C14H19N3O3/c1-9-5-6-12(17(19)20)8-13(9)16-14(18)10-3-2-4-11(15)7-10/h5-6,8,10-11H,2-4,7,15H2,1H3,(H,16,18). The van der Waals surface area contributed by atoms with Gasteiger partial charge in [-0.25, -0.2) is 0 Å². The van der Waals surface area contributed by atoms with Gasteiger partial charge in [0.1, 0.15) is 0 Å². The number of hydrogen-bond acceptors (Lipinski definition) is 4. The normalized spacial score (nSPS) is 22.3. The van der Waals surface area contributed by atoms with E-state index in [1.807, 2.05) is 6.92 Å². The highest BCUT2D eigenvalue weighted by Gasteiger charge is 2.25. The van der Waals surface area contributed by atoms with Crippen molar-refractivity contribution in [2.24, 2.45) is 11.7 Å². The van der Waals surface area contributed by atoms with Crippen LogP contribution in [0, 0.1) is 23.0 Å². The number of benzene rings is 1. The van der Waals surface area contributed by atoms with E-state index < -0.39 is 4.92 Å². The number of hydrogen-bond donors (Lipinski definition) is 2. The van der Waals surface area contributed by atoms with Gasteiger partial charge in [-0.3, -0.25) is 14.9 Å². The fourth-order valence-corrected chi connectivity index (χ4v) is 2.56. The van der Waals surface area contributed by atoms with Crippen LogP contribution in [0.3, 0.4) is 0 Å². The Hall–Kier alpha value is -1.95. The summed E-state index contributed by atoms with van der Waals surface area (Å²) in [6.45, 7) is 1.81. The molecule has 0 aliphatic heterocycles. The first kappa shape index (κ1) is 14.5. The molecule has 2 atom stereocenters. The second kappa shape index (κ2) is 6.00. The molecule has 0 bridgehead atoms. The Morgan fingerprint density at radius 2 is 2.20 bits per heavy atom. The van der Waals surface area contributed by atoms with E-state index in [2.05, 4.69) is 5.32 Å². The number of nitrogens with zero attached hydrogens (tertiary/aromatic N) is 1. The molecule has 1 aromatic rings. The number of non-ortho nitro benzene ring substituents is 1. The molecule has 6 heteroatoms. The highest BCUT2D eigenvalue weighted by Crippen LogP contribution is 2.26. The minimum atomic E-state index is -0.467. The Morgan fingerprint density at radius 3 is 2.85 bits per heavy atom. The van der Waals surface area contributed by atoms with Crippen LogP contribution in [0.2, 0.25) is 0 Å². The molecule has 0 spiro atoms. The molecule has 2 unspecified atom stereocenters. The molecule has 0 radical (unpaired) electrons. The van der Waals surface area contributed by atoms with E-state index in [9.17, 15) is 14.9 Å². The van der Waals surface area contributed by atoms with Gasteiger partial charge in [0.05, 0.1) is 10.6 Å². The maximum atomic E-state index is 12.2. The van der Waals surface area contributed by atoms with E-state index in [4.69, 9.17) is 5.73 Å². The van der Waals surface area contributed by atoms with E-state index in [0.29, 0.717) is 12.1 Å². The fourth-order valence-electron chi connectivity index (χ4n) is 2.56.